The number of allylic oxidation sites excluding steroid dienone is 2. The highest BCUT2D eigenvalue weighted by Gasteiger charge is 2.02. The van der Waals surface area contributed by atoms with E-state index in [9.17, 15) is 0 Å². The molecule has 0 atom stereocenters. The number of aliphatic hydroxyl groups excluding tert-OH is 1. The van der Waals surface area contributed by atoms with Gasteiger partial charge in [-0.1, -0.05) is 53.6 Å². The van der Waals surface area contributed by atoms with Crippen LogP contribution in [0.5, 0.6) is 0 Å². The minimum Gasteiger partial charge on any atom is -0.392 e. The molecule has 0 saturated carbocycles. The first-order valence-electron chi connectivity index (χ1n) is 8.26. The van der Waals surface area contributed by atoms with Crippen LogP contribution in [0.2, 0.25) is 0 Å². The van der Waals surface area contributed by atoms with Gasteiger partial charge in [-0.3, -0.25) is 0 Å². The zero-order valence-electron chi connectivity index (χ0n) is 14.4. The normalized spacial score (nSPS) is 12.7. The third-order valence-corrected chi connectivity index (χ3v) is 4.17. The molecular formula is C21H27NO. The molecule has 2 N–H and O–H groups in total. The van der Waals surface area contributed by atoms with Crippen LogP contribution in [-0.2, 0) is 0 Å². The van der Waals surface area contributed by atoms with E-state index < -0.39 is 0 Å². The number of rotatable bonds is 7. The molecule has 0 bridgehead atoms. The topological polar surface area (TPSA) is 32.3 Å². The molecule has 2 heteroatoms. The summed E-state index contributed by atoms with van der Waals surface area (Å²) >= 11 is 0. The van der Waals surface area contributed by atoms with Crippen molar-refractivity contribution >= 4 is 16.5 Å². The molecule has 0 aliphatic rings. The predicted octanol–water partition coefficient (Wildman–Crippen LogP) is 5.23. The number of aliphatic hydroxyl groups is 1. The average molecular weight is 309 g/mol. The van der Waals surface area contributed by atoms with E-state index in [0.29, 0.717) is 0 Å². The van der Waals surface area contributed by atoms with Gasteiger partial charge in [-0.25, -0.2) is 0 Å². The van der Waals surface area contributed by atoms with Gasteiger partial charge >= 0.3 is 0 Å². The molecule has 0 aliphatic heterocycles. The molecule has 0 saturated heterocycles. The summed E-state index contributed by atoms with van der Waals surface area (Å²) in [6, 6.07) is 12.9. The fourth-order valence-electron chi connectivity index (χ4n) is 2.73. The quantitative estimate of drug-likeness (QED) is 0.687. The van der Waals surface area contributed by atoms with Crippen molar-refractivity contribution in [3.05, 3.63) is 65.3 Å². The molecule has 0 aliphatic carbocycles. The van der Waals surface area contributed by atoms with Crippen LogP contribution >= 0.6 is 0 Å². The van der Waals surface area contributed by atoms with Gasteiger partial charge in [0.2, 0.25) is 0 Å². The van der Waals surface area contributed by atoms with Crippen LogP contribution in [-0.4, -0.2) is 18.3 Å². The Morgan fingerprint density at radius 1 is 1.00 bits per heavy atom. The Morgan fingerprint density at radius 3 is 2.52 bits per heavy atom. The molecule has 23 heavy (non-hydrogen) atoms. The molecule has 122 valence electrons. The van der Waals surface area contributed by atoms with E-state index in [1.165, 1.54) is 33.2 Å². The molecular weight excluding hydrogens is 282 g/mol. The second-order valence-electron chi connectivity index (χ2n) is 6.15. The van der Waals surface area contributed by atoms with Crippen molar-refractivity contribution in [1.29, 1.82) is 0 Å². The van der Waals surface area contributed by atoms with Crippen LogP contribution in [0, 0.1) is 6.92 Å². The first-order valence-corrected chi connectivity index (χ1v) is 8.26. The highest BCUT2D eigenvalue weighted by atomic mass is 16.2. The zero-order chi connectivity index (χ0) is 16.7. The zero-order valence-corrected chi connectivity index (χ0v) is 14.4. The number of nitrogens with one attached hydrogen (secondary N) is 1. The van der Waals surface area contributed by atoms with Crippen LogP contribution < -0.4 is 5.32 Å². The second-order valence-corrected chi connectivity index (χ2v) is 6.15. The summed E-state index contributed by atoms with van der Waals surface area (Å²) in [6.45, 7) is 7.37. The monoisotopic (exact) mass is 309 g/mol. The first-order chi connectivity index (χ1) is 11.1. The van der Waals surface area contributed by atoms with Crippen molar-refractivity contribution in [2.75, 3.05) is 18.5 Å². The van der Waals surface area contributed by atoms with E-state index in [4.69, 9.17) is 5.11 Å². The lowest BCUT2D eigenvalue weighted by Crippen LogP contribution is -2.03. The Labute approximate surface area is 139 Å². The van der Waals surface area contributed by atoms with E-state index in [1.54, 1.807) is 0 Å². The van der Waals surface area contributed by atoms with Gasteiger partial charge in [0.25, 0.3) is 0 Å². The van der Waals surface area contributed by atoms with Crippen molar-refractivity contribution in [1.82, 2.24) is 0 Å². The van der Waals surface area contributed by atoms with E-state index in [-0.39, 0.29) is 6.61 Å². The van der Waals surface area contributed by atoms with E-state index in [1.807, 2.05) is 6.08 Å². The van der Waals surface area contributed by atoms with Gasteiger partial charge < -0.3 is 10.4 Å². The van der Waals surface area contributed by atoms with Gasteiger partial charge in [0, 0.05) is 17.6 Å². The van der Waals surface area contributed by atoms with Gasteiger partial charge in [0.1, 0.15) is 0 Å². The van der Waals surface area contributed by atoms with Crippen molar-refractivity contribution < 1.29 is 5.11 Å². The minimum atomic E-state index is 0.135. The Morgan fingerprint density at radius 2 is 1.74 bits per heavy atom. The molecule has 2 rings (SSSR count). The summed E-state index contributed by atoms with van der Waals surface area (Å²) in [5, 5.41) is 15.0. The number of benzene rings is 2. The highest BCUT2D eigenvalue weighted by Crippen LogP contribution is 2.25. The molecule has 2 aromatic carbocycles. The summed E-state index contributed by atoms with van der Waals surface area (Å²) < 4.78 is 0. The predicted molar refractivity (Wildman–Crippen MR) is 101 cm³/mol. The third kappa shape index (κ3) is 4.97. The largest absolute Gasteiger partial charge is 0.392 e. The van der Waals surface area contributed by atoms with Crippen LogP contribution in [0.25, 0.3) is 10.8 Å². The van der Waals surface area contributed by atoms with Gasteiger partial charge in [-0.05, 0) is 50.6 Å². The fraction of sp³-hybridized carbons (Fsp3) is 0.333. The van der Waals surface area contributed by atoms with Crippen molar-refractivity contribution in [3.8, 4) is 0 Å². The summed E-state index contributed by atoms with van der Waals surface area (Å²) in [5.74, 6) is 0. The van der Waals surface area contributed by atoms with Crippen molar-refractivity contribution in [3.63, 3.8) is 0 Å². The number of hydrogen-bond donors (Lipinski definition) is 2. The van der Waals surface area contributed by atoms with Gasteiger partial charge in [-0.2, -0.15) is 0 Å². The number of hydrogen-bond acceptors (Lipinski definition) is 2. The molecule has 2 aromatic rings. The molecule has 0 fully saturated rings. The molecule has 0 unspecified atom stereocenters. The second kappa shape index (κ2) is 8.54. The van der Waals surface area contributed by atoms with Gasteiger partial charge in [-0.15, -0.1) is 0 Å². The van der Waals surface area contributed by atoms with Crippen LogP contribution in [0.4, 0.5) is 5.69 Å². The SMILES string of the molecule is C/C(=C\CO)CC/C=C(\C)CNc1cccc2c(C)cccc12. The maximum Gasteiger partial charge on any atom is 0.0614 e. The lowest BCUT2D eigenvalue weighted by molar-refractivity contribution is 0.341. The maximum absolute atomic E-state index is 8.86. The summed E-state index contributed by atoms with van der Waals surface area (Å²) in [5.41, 5.74) is 5.08. The van der Waals surface area contributed by atoms with Crippen molar-refractivity contribution in [2.24, 2.45) is 0 Å². The molecule has 0 aromatic heterocycles. The number of anilines is 1. The van der Waals surface area contributed by atoms with E-state index in [0.717, 1.165) is 19.4 Å². The summed E-state index contributed by atoms with van der Waals surface area (Å²) in [4.78, 5) is 0. The summed E-state index contributed by atoms with van der Waals surface area (Å²) in [6.07, 6.45) is 6.17. The minimum absolute atomic E-state index is 0.135. The lowest BCUT2D eigenvalue weighted by Gasteiger charge is -2.11. The lowest BCUT2D eigenvalue weighted by atomic mass is 10.0. The Bertz CT molecular complexity index is 713. The van der Waals surface area contributed by atoms with Crippen molar-refractivity contribution in [2.45, 2.75) is 33.6 Å². The summed E-state index contributed by atoms with van der Waals surface area (Å²) in [7, 11) is 0. The molecule has 2 nitrogen and oxygen atoms in total. The Hall–Kier alpha value is -2.06. The average Bonchev–Trinajstić information content (AvgIpc) is 2.53. The number of aryl methyl sites for hydroxylation is 1. The Kier molecular flexibility index (Phi) is 6.42. The molecule has 0 spiro atoms. The molecule has 0 heterocycles. The van der Waals surface area contributed by atoms with E-state index >= 15 is 0 Å². The van der Waals surface area contributed by atoms with Gasteiger partial charge in [0.15, 0.2) is 0 Å². The highest BCUT2D eigenvalue weighted by molar-refractivity contribution is 5.95. The number of fused-ring (bicyclic) bond motifs is 1. The molecule has 0 radical (unpaired) electrons. The fourth-order valence-corrected chi connectivity index (χ4v) is 2.73. The van der Waals surface area contributed by atoms with Crippen LogP contribution in [0.3, 0.4) is 0 Å². The first kappa shape index (κ1) is 17.3. The molecule has 0 amide bonds. The Balaban J connectivity index is 1.98. The smallest absolute Gasteiger partial charge is 0.0614 e. The maximum atomic E-state index is 8.86. The van der Waals surface area contributed by atoms with Crippen LogP contribution in [0.1, 0.15) is 32.3 Å². The van der Waals surface area contributed by atoms with E-state index in [2.05, 4.69) is 68.6 Å². The van der Waals surface area contributed by atoms with Gasteiger partial charge in [0.05, 0.1) is 6.61 Å². The van der Waals surface area contributed by atoms with Crippen LogP contribution in [0.15, 0.2) is 59.7 Å². The third-order valence-electron chi connectivity index (χ3n) is 4.17. The standard InChI is InChI=1S/C21H27NO/c1-16(13-14-23)7-4-8-17(2)15-22-21-12-6-10-19-18(3)9-5-11-20(19)21/h5-6,8-13,22-23H,4,7,14-15H2,1-3H3/b16-13+,17-8+.